The van der Waals surface area contributed by atoms with Crippen molar-refractivity contribution in [2.75, 3.05) is 0 Å². The number of benzene rings is 2. The van der Waals surface area contributed by atoms with E-state index in [9.17, 15) is 5.11 Å². The number of aromatic nitrogens is 2. The summed E-state index contributed by atoms with van der Waals surface area (Å²) in [6.45, 7) is 6.08. The van der Waals surface area contributed by atoms with Gasteiger partial charge in [-0.25, -0.2) is 4.98 Å². The summed E-state index contributed by atoms with van der Waals surface area (Å²) in [5.74, 6) is 0.901. The molecule has 0 aliphatic heterocycles. The van der Waals surface area contributed by atoms with E-state index >= 15 is 0 Å². The number of imidazole rings is 1. The quantitative estimate of drug-likeness (QED) is 0.454. The van der Waals surface area contributed by atoms with Crippen LogP contribution in [0, 0.1) is 20.8 Å². The second-order valence-corrected chi connectivity index (χ2v) is 6.68. The minimum absolute atomic E-state index is 0.220. The average molecular weight is 356 g/mol. The molecule has 0 saturated carbocycles. The van der Waals surface area contributed by atoms with E-state index in [1.807, 2.05) is 35.7 Å². The molecule has 0 bridgehead atoms. The van der Waals surface area contributed by atoms with Crippen LogP contribution in [0.3, 0.4) is 0 Å². The Bertz CT molecular complexity index is 1170. The Morgan fingerprint density at radius 3 is 2.48 bits per heavy atom. The molecule has 1 N–H and O–H groups in total. The van der Waals surface area contributed by atoms with Crippen molar-refractivity contribution in [2.45, 2.75) is 20.8 Å². The van der Waals surface area contributed by atoms with Gasteiger partial charge < -0.3 is 5.11 Å². The van der Waals surface area contributed by atoms with Crippen LogP contribution >= 0.6 is 0 Å². The highest BCUT2D eigenvalue weighted by Crippen LogP contribution is 2.34. The molecule has 5 nitrogen and oxygen atoms in total. The van der Waals surface area contributed by atoms with Crippen LogP contribution in [-0.4, -0.2) is 14.5 Å². The van der Waals surface area contributed by atoms with E-state index in [0.717, 1.165) is 22.5 Å². The topological polar surface area (TPSA) is 62.2 Å². The third-order valence-electron chi connectivity index (χ3n) is 4.72. The maximum Gasteiger partial charge on any atom is 0.187 e. The van der Waals surface area contributed by atoms with E-state index in [-0.39, 0.29) is 5.75 Å². The molecule has 4 rings (SSSR count). The fourth-order valence-electron chi connectivity index (χ4n) is 3.01. The molecule has 4 aromatic rings. The van der Waals surface area contributed by atoms with Gasteiger partial charge >= 0.3 is 0 Å². The summed E-state index contributed by atoms with van der Waals surface area (Å²) in [6, 6.07) is 17.2. The van der Waals surface area contributed by atoms with Crippen LogP contribution in [0.5, 0.6) is 5.75 Å². The standard InChI is InChI=1S/C22H20N4O/c1-14-7-8-17(12-15(14)2)21-22(26-11-5-4-6-20(26)23-21)25-24-19-10-9-18(27)13-16(19)3/h4-13,27H,1-3H3. The van der Waals surface area contributed by atoms with Gasteiger partial charge in [-0.2, -0.15) is 0 Å². The molecular weight excluding hydrogens is 336 g/mol. The minimum atomic E-state index is 0.220. The number of pyridine rings is 1. The number of nitrogens with zero attached hydrogens (tertiary/aromatic N) is 4. The van der Waals surface area contributed by atoms with Gasteiger partial charge in [-0.1, -0.05) is 18.2 Å². The van der Waals surface area contributed by atoms with Crippen molar-refractivity contribution in [2.24, 2.45) is 10.2 Å². The van der Waals surface area contributed by atoms with Crippen LogP contribution in [-0.2, 0) is 0 Å². The number of phenols is 1. The lowest BCUT2D eigenvalue weighted by atomic mass is 10.0. The maximum atomic E-state index is 9.59. The SMILES string of the molecule is Cc1ccc(-c2nc3ccccn3c2N=Nc2ccc(O)cc2C)cc1C. The van der Waals surface area contributed by atoms with Gasteiger partial charge in [0.2, 0.25) is 0 Å². The van der Waals surface area contributed by atoms with Gasteiger partial charge in [-0.15, -0.1) is 10.2 Å². The predicted octanol–water partition coefficient (Wildman–Crippen LogP) is 6.05. The van der Waals surface area contributed by atoms with Crippen molar-refractivity contribution >= 4 is 17.2 Å². The summed E-state index contributed by atoms with van der Waals surface area (Å²) >= 11 is 0. The second kappa shape index (κ2) is 6.68. The van der Waals surface area contributed by atoms with Crippen LogP contribution < -0.4 is 0 Å². The Labute approximate surface area is 157 Å². The number of hydrogen-bond acceptors (Lipinski definition) is 4. The third-order valence-corrected chi connectivity index (χ3v) is 4.72. The number of aromatic hydroxyl groups is 1. The molecule has 0 spiro atoms. The molecule has 0 atom stereocenters. The van der Waals surface area contributed by atoms with E-state index in [0.29, 0.717) is 11.5 Å². The minimum Gasteiger partial charge on any atom is -0.508 e. The summed E-state index contributed by atoms with van der Waals surface area (Å²) in [7, 11) is 0. The van der Waals surface area contributed by atoms with Crippen LogP contribution in [0.4, 0.5) is 11.5 Å². The lowest BCUT2D eigenvalue weighted by Crippen LogP contribution is -1.85. The number of hydrogen-bond donors (Lipinski definition) is 1. The predicted molar refractivity (Wildman–Crippen MR) is 107 cm³/mol. The van der Waals surface area contributed by atoms with Gasteiger partial charge in [0.15, 0.2) is 5.82 Å². The summed E-state index contributed by atoms with van der Waals surface area (Å²) in [5, 5.41) is 18.5. The van der Waals surface area contributed by atoms with E-state index < -0.39 is 0 Å². The number of phenolic OH excluding ortho intramolecular Hbond substituents is 1. The first kappa shape index (κ1) is 17.0. The molecule has 0 saturated heterocycles. The van der Waals surface area contributed by atoms with Crippen molar-refractivity contribution in [3.8, 4) is 17.0 Å². The lowest BCUT2D eigenvalue weighted by Gasteiger charge is -2.04. The molecule has 0 aliphatic rings. The van der Waals surface area contributed by atoms with Crippen molar-refractivity contribution in [3.63, 3.8) is 0 Å². The van der Waals surface area contributed by atoms with Crippen molar-refractivity contribution in [1.82, 2.24) is 9.38 Å². The number of azo groups is 1. The lowest BCUT2D eigenvalue weighted by molar-refractivity contribution is 0.475. The molecule has 0 amide bonds. The normalized spacial score (nSPS) is 11.5. The summed E-state index contributed by atoms with van der Waals surface area (Å²) in [6.07, 6.45) is 1.94. The molecule has 2 aromatic carbocycles. The second-order valence-electron chi connectivity index (χ2n) is 6.68. The first-order chi connectivity index (χ1) is 13.0. The Kier molecular flexibility index (Phi) is 4.20. The highest BCUT2D eigenvalue weighted by molar-refractivity contribution is 5.75. The summed E-state index contributed by atoms with van der Waals surface area (Å²) in [4.78, 5) is 4.77. The zero-order chi connectivity index (χ0) is 19.0. The van der Waals surface area contributed by atoms with E-state index in [4.69, 9.17) is 4.98 Å². The van der Waals surface area contributed by atoms with Gasteiger partial charge in [-0.05, 0) is 73.9 Å². The smallest absolute Gasteiger partial charge is 0.187 e. The fraction of sp³-hybridized carbons (Fsp3) is 0.136. The molecule has 2 heterocycles. The largest absolute Gasteiger partial charge is 0.508 e. The Hall–Kier alpha value is -3.47. The Balaban J connectivity index is 1.88. The molecular formula is C22H20N4O. The monoisotopic (exact) mass is 356 g/mol. The van der Waals surface area contributed by atoms with Gasteiger partial charge in [0.1, 0.15) is 17.1 Å². The van der Waals surface area contributed by atoms with E-state index in [1.54, 1.807) is 18.2 Å². The molecule has 0 unspecified atom stereocenters. The van der Waals surface area contributed by atoms with Crippen LogP contribution in [0.1, 0.15) is 16.7 Å². The fourth-order valence-corrected chi connectivity index (χ4v) is 3.01. The zero-order valence-electron chi connectivity index (χ0n) is 15.5. The molecule has 0 radical (unpaired) electrons. The van der Waals surface area contributed by atoms with E-state index in [1.165, 1.54) is 11.1 Å². The average Bonchev–Trinajstić information content (AvgIpc) is 3.02. The molecule has 0 aliphatic carbocycles. The summed E-state index contributed by atoms with van der Waals surface area (Å²) in [5.41, 5.74) is 6.65. The molecule has 2 aromatic heterocycles. The first-order valence-corrected chi connectivity index (χ1v) is 8.79. The number of aryl methyl sites for hydroxylation is 3. The van der Waals surface area contributed by atoms with Gasteiger partial charge in [0, 0.05) is 11.8 Å². The Morgan fingerprint density at radius 1 is 0.852 bits per heavy atom. The highest BCUT2D eigenvalue weighted by atomic mass is 16.3. The first-order valence-electron chi connectivity index (χ1n) is 8.79. The summed E-state index contributed by atoms with van der Waals surface area (Å²) < 4.78 is 1.93. The van der Waals surface area contributed by atoms with Crippen molar-refractivity contribution < 1.29 is 5.11 Å². The van der Waals surface area contributed by atoms with Crippen molar-refractivity contribution in [1.29, 1.82) is 0 Å². The molecule has 5 heteroatoms. The highest BCUT2D eigenvalue weighted by Gasteiger charge is 2.14. The van der Waals surface area contributed by atoms with Crippen LogP contribution in [0.15, 0.2) is 71.0 Å². The zero-order valence-corrected chi connectivity index (χ0v) is 15.5. The third kappa shape index (κ3) is 3.19. The van der Waals surface area contributed by atoms with Gasteiger partial charge in [0.05, 0.1) is 5.69 Å². The van der Waals surface area contributed by atoms with Crippen LogP contribution in [0.25, 0.3) is 16.9 Å². The maximum absolute atomic E-state index is 9.59. The van der Waals surface area contributed by atoms with E-state index in [2.05, 4.69) is 42.3 Å². The number of rotatable bonds is 3. The van der Waals surface area contributed by atoms with Gasteiger partial charge in [-0.3, -0.25) is 4.40 Å². The van der Waals surface area contributed by atoms with Crippen molar-refractivity contribution in [3.05, 3.63) is 77.5 Å². The molecule has 0 fully saturated rings. The van der Waals surface area contributed by atoms with Crippen LogP contribution in [0.2, 0.25) is 0 Å². The molecule has 27 heavy (non-hydrogen) atoms. The number of fused-ring (bicyclic) bond motifs is 1. The molecule has 134 valence electrons. The van der Waals surface area contributed by atoms with Gasteiger partial charge in [0.25, 0.3) is 0 Å². The Morgan fingerprint density at radius 2 is 1.70 bits per heavy atom.